The van der Waals surface area contributed by atoms with Gasteiger partial charge in [0.15, 0.2) is 0 Å². The lowest BCUT2D eigenvalue weighted by molar-refractivity contribution is 1.46. The van der Waals surface area contributed by atoms with Gasteiger partial charge in [-0.1, -0.05) is 71.8 Å². The highest BCUT2D eigenvalue weighted by Crippen LogP contribution is 2.45. The lowest BCUT2D eigenvalue weighted by Gasteiger charge is -1.93. The average Bonchev–Trinajstić information content (AvgIpc) is 3.80. The number of fused-ring (bicyclic) bond motifs is 6. The second-order valence-corrected chi connectivity index (χ2v) is 16.7. The lowest BCUT2D eigenvalue weighted by Crippen LogP contribution is -1.72. The van der Waals surface area contributed by atoms with E-state index < -0.39 is 0 Å². The highest BCUT2D eigenvalue weighted by atomic mass is 32.1. The summed E-state index contributed by atoms with van der Waals surface area (Å²) in [5, 5.41) is 0. The van der Waals surface area contributed by atoms with Crippen molar-refractivity contribution in [1.29, 1.82) is 0 Å². The molecular formula is C36H22S6. The first kappa shape index (κ1) is 26.4. The highest BCUT2D eigenvalue weighted by molar-refractivity contribution is 7.39. The van der Waals surface area contributed by atoms with Crippen molar-refractivity contribution < 1.29 is 0 Å². The third-order valence-corrected chi connectivity index (χ3v) is 14.3. The molecule has 0 aliphatic heterocycles. The maximum absolute atomic E-state index is 3.48. The van der Waals surface area contributed by atoms with E-state index in [0.29, 0.717) is 0 Å². The van der Waals surface area contributed by atoms with Crippen LogP contribution in [-0.2, 0) is 0 Å². The molecule has 0 fully saturated rings. The van der Waals surface area contributed by atoms with Gasteiger partial charge in [-0.3, -0.25) is 0 Å². The Balaban J connectivity index is 1.03. The molecule has 0 nitrogen and oxygen atoms in total. The Morgan fingerprint density at radius 2 is 0.810 bits per heavy atom. The summed E-state index contributed by atoms with van der Waals surface area (Å²) in [6.07, 6.45) is 8.88. The fourth-order valence-corrected chi connectivity index (χ4v) is 12.4. The number of rotatable bonds is 4. The quantitative estimate of drug-likeness (QED) is 0.167. The van der Waals surface area contributed by atoms with Gasteiger partial charge in [-0.25, -0.2) is 0 Å². The predicted octanol–water partition coefficient (Wildman–Crippen LogP) is 13.0. The maximum atomic E-state index is 3.48. The summed E-state index contributed by atoms with van der Waals surface area (Å²) in [5.74, 6) is 6.96. The van der Waals surface area contributed by atoms with Crippen molar-refractivity contribution in [2.24, 2.45) is 0 Å². The Bertz CT molecular complexity index is 2190. The minimum Gasteiger partial charge on any atom is -0.133 e. The molecular weight excluding hydrogens is 625 g/mol. The van der Waals surface area contributed by atoms with Crippen molar-refractivity contribution in [3.8, 4) is 11.8 Å². The SMILES string of the molecule is Cc1ccc(C=Cc2cc3sc4cc(C#Cc5cc6sc7cc(C=Cc8ccc(C)cc8)sc7c6s5)sc4c3s2)cc1. The lowest BCUT2D eigenvalue weighted by atomic mass is 10.1. The van der Waals surface area contributed by atoms with Gasteiger partial charge in [0.25, 0.3) is 0 Å². The molecule has 0 saturated heterocycles. The van der Waals surface area contributed by atoms with Gasteiger partial charge in [-0.05, 0) is 73.2 Å². The topological polar surface area (TPSA) is 0 Å². The molecule has 0 spiro atoms. The van der Waals surface area contributed by atoms with Gasteiger partial charge in [0.1, 0.15) is 0 Å². The summed E-state index contributed by atoms with van der Waals surface area (Å²) >= 11 is 11.2. The van der Waals surface area contributed by atoms with Gasteiger partial charge < -0.3 is 0 Å². The fraction of sp³-hybridized carbons (Fsp3) is 0.0556. The van der Waals surface area contributed by atoms with Gasteiger partial charge in [-0.15, -0.1) is 68.0 Å². The van der Waals surface area contributed by atoms with Gasteiger partial charge in [-0.2, -0.15) is 0 Å². The summed E-state index contributed by atoms with van der Waals surface area (Å²) in [6.45, 7) is 4.25. The van der Waals surface area contributed by atoms with Crippen LogP contribution in [0.15, 0.2) is 72.8 Å². The zero-order valence-corrected chi connectivity index (χ0v) is 27.6. The van der Waals surface area contributed by atoms with E-state index in [0.717, 1.165) is 9.75 Å². The standard InChI is InChI=1S/C36H22S6/c1-21-3-7-23(8-4-21)11-13-25-17-29-33(37-25)35-31(41-29)19-27(39-35)15-16-28-20-32-36(40-28)34-30(42-32)18-26(38-34)14-12-24-9-5-22(2)6-10-24/h3-14,17-20H,1-2H3. The third-order valence-electron chi connectivity index (χ3n) is 7.03. The van der Waals surface area contributed by atoms with Crippen molar-refractivity contribution >= 4 is 130 Å². The van der Waals surface area contributed by atoms with E-state index in [1.54, 1.807) is 0 Å². The molecule has 0 radical (unpaired) electrons. The number of hydrogen-bond acceptors (Lipinski definition) is 6. The normalized spacial score (nSPS) is 12.1. The Morgan fingerprint density at radius 1 is 0.429 bits per heavy atom. The van der Waals surface area contributed by atoms with Crippen LogP contribution in [0.5, 0.6) is 0 Å². The number of thiophene rings is 6. The third kappa shape index (κ3) is 5.11. The molecule has 0 bridgehead atoms. The summed E-state index contributed by atoms with van der Waals surface area (Å²) in [6, 6.07) is 26.5. The summed E-state index contributed by atoms with van der Waals surface area (Å²) in [4.78, 5) is 4.88. The Morgan fingerprint density at radius 3 is 1.24 bits per heavy atom. The summed E-state index contributed by atoms with van der Waals surface area (Å²) in [5.41, 5.74) is 5.05. The second kappa shape index (κ2) is 10.8. The van der Waals surface area contributed by atoms with Gasteiger partial charge in [0, 0.05) is 28.6 Å². The number of aryl methyl sites for hydroxylation is 2. The molecule has 6 heterocycles. The molecule has 0 aliphatic carbocycles. The predicted molar refractivity (Wildman–Crippen MR) is 196 cm³/mol. The fourth-order valence-electron chi connectivity index (χ4n) is 4.83. The second-order valence-electron chi connectivity index (χ2n) is 10.2. The molecule has 0 aliphatic rings. The zero-order chi connectivity index (χ0) is 28.2. The maximum Gasteiger partial charge on any atom is 0.0794 e. The smallest absolute Gasteiger partial charge is 0.0794 e. The van der Waals surface area contributed by atoms with Gasteiger partial charge >= 0.3 is 0 Å². The average molecular weight is 647 g/mol. The van der Waals surface area contributed by atoms with Gasteiger partial charge in [0.2, 0.25) is 0 Å². The van der Waals surface area contributed by atoms with Crippen LogP contribution in [0.3, 0.4) is 0 Å². The van der Waals surface area contributed by atoms with E-state index in [2.05, 4.69) is 123 Å². The van der Waals surface area contributed by atoms with E-state index in [4.69, 9.17) is 0 Å². The van der Waals surface area contributed by atoms with Crippen LogP contribution in [0.25, 0.3) is 61.9 Å². The van der Waals surface area contributed by atoms with Crippen molar-refractivity contribution in [1.82, 2.24) is 0 Å². The molecule has 8 rings (SSSR count). The largest absolute Gasteiger partial charge is 0.133 e. The van der Waals surface area contributed by atoms with E-state index in [-0.39, 0.29) is 0 Å². The van der Waals surface area contributed by atoms with E-state index in [1.807, 2.05) is 68.0 Å². The van der Waals surface area contributed by atoms with Crippen molar-refractivity contribution in [2.45, 2.75) is 13.8 Å². The van der Waals surface area contributed by atoms with Crippen LogP contribution in [0.4, 0.5) is 0 Å². The zero-order valence-electron chi connectivity index (χ0n) is 22.7. The van der Waals surface area contributed by atoms with Crippen molar-refractivity contribution in [2.75, 3.05) is 0 Å². The molecule has 6 heteroatoms. The summed E-state index contributed by atoms with van der Waals surface area (Å²) in [7, 11) is 0. The Kier molecular flexibility index (Phi) is 6.76. The summed E-state index contributed by atoms with van der Waals surface area (Å²) < 4.78 is 11.0. The van der Waals surface area contributed by atoms with E-state index in [1.165, 1.54) is 69.6 Å². The Labute approximate surface area is 268 Å². The Hall–Kier alpha value is -3.28. The van der Waals surface area contributed by atoms with Crippen LogP contribution < -0.4 is 0 Å². The van der Waals surface area contributed by atoms with Crippen LogP contribution in [0, 0.1) is 25.7 Å². The van der Waals surface area contributed by atoms with E-state index >= 15 is 0 Å². The molecule has 8 aromatic rings. The van der Waals surface area contributed by atoms with Gasteiger partial charge in [0.05, 0.1) is 28.6 Å². The van der Waals surface area contributed by atoms with Crippen molar-refractivity contribution in [3.63, 3.8) is 0 Å². The van der Waals surface area contributed by atoms with Crippen LogP contribution >= 0.6 is 68.0 Å². The minimum atomic E-state index is 1.14. The van der Waals surface area contributed by atoms with Crippen LogP contribution in [0.1, 0.15) is 41.8 Å². The molecule has 0 unspecified atom stereocenters. The van der Waals surface area contributed by atoms with E-state index in [9.17, 15) is 0 Å². The monoisotopic (exact) mass is 646 g/mol. The molecule has 2 aromatic carbocycles. The molecule has 0 N–H and O–H groups in total. The first-order valence-electron chi connectivity index (χ1n) is 13.5. The molecule has 0 saturated carbocycles. The highest BCUT2D eigenvalue weighted by Gasteiger charge is 2.13. The van der Waals surface area contributed by atoms with Crippen LogP contribution in [0.2, 0.25) is 0 Å². The first-order valence-corrected chi connectivity index (χ1v) is 18.4. The number of benzene rings is 2. The van der Waals surface area contributed by atoms with Crippen molar-refractivity contribution in [3.05, 3.63) is 115 Å². The molecule has 42 heavy (non-hydrogen) atoms. The molecule has 202 valence electrons. The van der Waals surface area contributed by atoms with Crippen LogP contribution in [-0.4, -0.2) is 0 Å². The molecule has 0 amide bonds. The number of hydrogen-bond donors (Lipinski definition) is 0. The molecule has 0 atom stereocenters. The first-order chi connectivity index (χ1) is 20.5. The molecule has 6 aromatic heterocycles. The minimum absolute atomic E-state index is 1.14.